The zero-order chi connectivity index (χ0) is 15.3. The fraction of sp³-hybridized carbons (Fsp3) is 0.941. The summed E-state index contributed by atoms with van der Waals surface area (Å²) in [7, 11) is 4.36. The molecular weight excluding hydrogens is 260 g/mol. The number of rotatable bonds is 7. The van der Waals surface area contributed by atoms with E-state index in [9.17, 15) is 5.26 Å². The average molecular weight is 292 g/mol. The van der Waals surface area contributed by atoms with E-state index in [1.807, 2.05) is 0 Å². The average Bonchev–Trinajstić information content (AvgIpc) is 3.10. The van der Waals surface area contributed by atoms with E-state index in [0.717, 1.165) is 25.9 Å². The van der Waals surface area contributed by atoms with Crippen LogP contribution in [0.15, 0.2) is 0 Å². The van der Waals surface area contributed by atoms with Crippen molar-refractivity contribution < 1.29 is 0 Å². The van der Waals surface area contributed by atoms with Crippen molar-refractivity contribution in [1.29, 1.82) is 5.26 Å². The third kappa shape index (κ3) is 3.97. The molecule has 1 N–H and O–H groups in total. The maximum Gasteiger partial charge on any atom is 0.109 e. The zero-order valence-electron chi connectivity index (χ0n) is 14.1. The van der Waals surface area contributed by atoms with Gasteiger partial charge in [-0.15, -0.1) is 0 Å². The smallest absolute Gasteiger partial charge is 0.109 e. The van der Waals surface area contributed by atoms with Gasteiger partial charge in [-0.2, -0.15) is 5.26 Å². The Labute approximate surface area is 130 Å². The lowest BCUT2D eigenvalue weighted by molar-refractivity contribution is 0.232. The number of nitrogens with zero attached hydrogens (tertiary/aromatic N) is 3. The van der Waals surface area contributed by atoms with E-state index < -0.39 is 0 Å². The third-order valence-electron chi connectivity index (χ3n) is 5.48. The molecule has 4 heteroatoms. The van der Waals surface area contributed by atoms with Crippen molar-refractivity contribution in [2.24, 2.45) is 5.92 Å². The van der Waals surface area contributed by atoms with Gasteiger partial charge in [-0.3, -0.25) is 5.32 Å². The van der Waals surface area contributed by atoms with Crippen molar-refractivity contribution in [2.75, 3.05) is 40.3 Å². The third-order valence-corrected chi connectivity index (χ3v) is 5.48. The maximum absolute atomic E-state index is 9.69. The molecule has 0 radical (unpaired) electrons. The summed E-state index contributed by atoms with van der Waals surface area (Å²) >= 11 is 0. The van der Waals surface area contributed by atoms with E-state index in [-0.39, 0.29) is 5.54 Å². The van der Waals surface area contributed by atoms with E-state index in [0.29, 0.717) is 12.0 Å². The first-order valence-electron chi connectivity index (χ1n) is 8.66. The van der Waals surface area contributed by atoms with Gasteiger partial charge in [-0.1, -0.05) is 13.3 Å². The van der Waals surface area contributed by atoms with E-state index in [1.165, 1.54) is 38.8 Å². The lowest BCUT2D eigenvalue weighted by Crippen LogP contribution is -2.48. The molecule has 0 amide bonds. The predicted molar refractivity (Wildman–Crippen MR) is 87.1 cm³/mol. The monoisotopic (exact) mass is 292 g/mol. The van der Waals surface area contributed by atoms with Gasteiger partial charge in [0.05, 0.1) is 6.07 Å². The van der Waals surface area contributed by atoms with Gasteiger partial charge in [0.25, 0.3) is 0 Å². The fourth-order valence-electron chi connectivity index (χ4n) is 4.01. The molecule has 2 rings (SSSR count). The van der Waals surface area contributed by atoms with Crippen LogP contribution < -0.4 is 5.32 Å². The molecule has 0 aromatic carbocycles. The summed E-state index contributed by atoms with van der Waals surface area (Å²) in [6.07, 6.45) is 7.02. The summed E-state index contributed by atoms with van der Waals surface area (Å²) in [5.41, 5.74) is -0.239. The minimum atomic E-state index is -0.239. The number of likely N-dealkylation sites (tertiary alicyclic amines) is 1. The molecular formula is C17H32N4. The van der Waals surface area contributed by atoms with Gasteiger partial charge in [0.15, 0.2) is 0 Å². The first kappa shape index (κ1) is 16.7. The Morgan fingerprint density at radius 2 is 2.19 bits per heavy atom. The SMILES string of the molecule is CCCNC1(C#N)CCCC1CCN1CCC(N(C)C)C1. The van der Waals surface area contributed by atoms with Crippen LogP contribution in [0.5, 0.6) is 0 Å². The summed E-state index contributed by atoms with van der Waals surface area (Å²) in [5, 5.41) is 13.2. The summed E-state index contributed by atoms with van der Waals surface area (Å²) < 4.78 is 0. The van der Waals surface area contributed by atoms with Crippen LogP contribution >= 0.6 is 0 Å². The van der Waals surface area contributed by atoms with Crippen LogP contribution in [-0.4, -0.2) is 61.7 Å². The molecule has 3 unspecified atom stereocenters. The van der Waals surface area contributed by atoms with E-state index in [4.69, 9.17) is 0 Å². The number of hydrogen-bond donors (Lipinski definition) is 1. The van der Waals surface area contributed by atoms with Gasteiger partial charge < -0.3 is 9.80 Å². The lowest BCUT2D eigenvalue weighted by Gasteiger charge is -2.31. The first-order chi connectivity index (χ1) is 10.1. The standard InChI is InChI=1S/C17H32N4/c1-4-10-19-17(14-18)9-5-6-15(17)7-11-21-12-8-16(13-21)20(2)3/h15-16,19H,4-13H2,1-3H3. The van der Waals surface area contributed by atoms with Crippen LogP contribution in [-0.2, 0) is 0 Å². The van der Waals surface area contributed by atoms with E-state index in [1.54, 1.807) is 0 Å². The molecule has 0 bridgehead atoms. The number of likely N-dealkylation sites (N-methyl/N-ethyl adjacent to an activating group) is 1. The van der Waals surface area contributed by atoms with Crippen molar-refractivity contribution >= 4 is 0 Å². The van der Waals surface area contributed by atoms with Crippen LogP contribution in [0.25, 0.3) is 0 Å². The molecule has 0 spiro atoms. The van der Waals surface area contributed by atoms with Gasteiger partial charge in [0.2, 0.25) is 0 Å². The van der Waals surface area contributed by atoms with Crippen LogP contribution in [0.1, 0.15) is 45.4 Å². The fourth-order valence-corrected chi connectivity index (χ4v) is 4.01. The Kier molecular flexibility index (Phi) is 6.04. The Morgan fingerprint density at radius 1 is 1.38 bits per heavy atom. The van der Waals surface area contributed by atoms with Crippen molar-refractivity contribution in [3.63, 3.8) is 0 Å². The van der Waals surface area contributed by atoms with Crippen molar-refractivity contribution in [3.8, 4) is 6.07 Å². The van der Waals surface area contributed by atoms with Crippen LogP contribution in [0, 0.1) is 17.2 Å². The van der Waals surface area contributed by atoms with Crippen LogP contribution in [0.2, 0.25) is 0 Å². The number of nitrogens with one attached hydrogen (secondary N) is 1. The van der Waals surface area contributed by atoms with Gasteiger partial charge in [-0.25, -0.2) is 0 Å². The molecule has 2 aliphatic rings. The Morgan fingerprint density at radius 3 is 2.81 bits per heavy atom. The Hall–Kier alpha value is -0.630. The highest BCUT2D eigenvalue weighted by atomic mass is 15.2. The predicted octanol–water partition coefficient (Wildman–Crippen LogP) is 2.07. The summed E-state index contributed by atoms with van der Waals surface area (Å²) in [6, 6.07) is 3.34. The quantitative estimate of drug-likeness (QED) is 0.780. The van der Waals surface area contributed by atoms with Crippen LogP contribution in [0.3, 0.4) is 0 Å². The molecule has 1 saturated carbocycles. The zero-order valence-corrected chi connectivity index (χ0v) is 14.1. The number of hydrogen-bond acceptors (Lipinski definition) is 4. The van der Waals surface area contributed by atoms with Gasteiger partial charge in [-0.05, 0) is 71.8 Å². The second kappa shape index (κ2) is 7.58. The van der Waals surface area contributed by atoms with Crippen molar-refractivity contribution in [2.45, 2.75) is 57.0 Å². The molecule has 120 valence electrons. The van der Waals surface area contributed by atoms with Crippen LogP contribution in [0.4, 0.5) is 0 Å². The summed E-state index contributed by atoms with van der Waals surface area (Å²) in [5.74, 6) is 0.535. The second-order valence-corrected chi connectivity index (χ2v) is 7.09. The van der Waals surface area contributed by atoms with E-state index in [2.05, 4.69) is 42.2 Å². The Bertz CT molecular complexity index is 362. The molecule has 0 aromatic rings. The van der Waals surface area contributed by atoms with Gasteiger partial charge in [0, 0.05) is 12.6 Å². The van der Waals surface area contributed by atoms with E-state index >= 15 is 0 Å². The summed E-state index contributed by atoms with van der Waals surface area (Å²) in [4.78, 5) is 4.93. The molecule has 0 aromatic heterocycles. The summed E-state index contributed by atoms with van der Waals surface area (Å²) in [6.45, 7) is 6.72. The highest BCUT2D eigenvalue weighted by Gasteiger charge is 2.42. The number of nitriles is 1. The minimum absolute atomic E-state index is 0.239. The first-order valence-corrected chi connectivity index (χ1v) is 8.66. The molecule has 1 aliphatic heterocycles. The minimum Gasteiger partial charge on any atom is -0.305 e. The van der Waals surface area contributed by atoms with Gasteiger partial charge >= 0.3 is 0 Å². The molecule has 3 atom stereocenters. The molecule has 1 heterocycles. The topological polar surface area (TPSA) is 42.3 Å². The molecule has 1 aliphatic carbocycles. The largest absolute Gasteiger partial charge is 0.305 e. The second-order valence-electron chi connectivity index (χ2n) is 7.09. The highest BCUT2D eigenvalue weighted by molar-refractivity contribution is 5.14. The van der Waals surface area contributed by atoms with Gasteiger partial charge in [0.1, 0.15) is 5.54 Å². The lowest BCUT2D eigenvalue weighted by atomic mass is 9.85. The molecule has 2 fully saturated rings. The van der Waals surface area contributed by atoms with Crippen molar-refractivity contribution in [3.05, 3.63) is 0 Å². The molecule has 1 saturated heterocycles. The maximum atomic E-state index is 9.69. The highest BCUT2D eigenvalue weighted by Crippen LogP contribution is 2.37. The normalized spacial score (nSPS) is 33.7. The Balaban J connectivity index is 1.83. The molecule has 21 heavy (non-hydrogen) atoms. The molecule has 4 nitrogen and oxygen atoms in total. The van der Waals surface area contributed by atoms with Crippen molar-refractivity contribution in [1.82, 2.24) is 15.1 Å².